The number of sulfone groups is 1. The maximum absolute atomic E-state index is 13.6. The van der Waals surface area contributed by atoms with Crippen LogP contribution in [0.25, 0.3) is 0 Å². The van der Waals surface area contributed by atoms with E-state index in [4.69, 9.17) is 9.26 Å². The Morgan fingerprint density at radius 1 is 1.11 bits per heavy atom. The number of aromatic nitrogens is 2. The molecule has 2 aromatic rings. The zero-order chi connectivity index (χ0) is 25.9. The average Bonchev–Trinajstić information content (AvgIpc) is 3.68. The highest BCUT2D eigenvalue weighted by Crippen LogP contribution is 2.39. The number of benzene rings is 1. The van der Waals surface area contributed by atoms with Crippen molar-refractivity contribution in [3.8, 4) is 5.75 Å². The molecule has 2 N–H and O–H groups in total. The topological polar surface area (TPSA) is 135 Å². The van der Waals surface area contributed by atoms with Crippen molar-refractivity contribution in [3.05, 3.63) is 36.0 Å². The SMILES string of the molecule is Cl.O=C(NO)C1(S(=O)(=O)c2ccc(OCCCc3nc(C4CCCCC4)no3)cc2)CCN(C2CC2)CC1. The Kier molecular flexibility index (Phi) is 9.33. The standard InChI is InChI=1S/C26H36N4O6S.ClH/c31-25(28-32)26(14-16-30(17-15-26)20-8-9-20)37(33,34)22-12-10-21(11-13-22)35-18-4-7-23-27-24(29-36-23)19-5-2-1-3-6-19;/h10-13,19-20,32H,1-9,14-18H2,(H,28,31);1H. The van der Waals surface area contributed by atoms with E-state index < -0.39 is 20.5 Å². The van der Waals surface area contributed by atoms with Crippen LogP contribution in [0.3, 0.4) is 0 Å². The first-order valence-corrected chi connectivity index (χ1v) is 14.9. The third-order valence-electron chi connectivity index (χ3n) is 8.09. The summed E-state index contributed by atoms with van der Waals surface area (Å²) in [7, 11) is -4.03. The molecule has 3 fully saturated rings. The Morgan fingerprint density at radius 3 is 2.42 bits per heavy atom. The lowest BCUT2D eigenvalue weighted by Gasteiger charge is -2.39. The Balaban J connectivity index is 0.00000336. The molecule has 1 aromatic carbocycles. The molecule has 3 aliphatic rings. The van der Waals surface area contributed by atoms with Crippen molar-refractivity contribution < 1.29 is 27.7 Å². The van der Waals surface area contributed by atoms with E-state index in [1.54, 1.807) is 17.6 Å². The minimum atomic E-state index is -4.03. The van der Waals surface area contributed by atoms with Crippen molar-refractivity contribution >= 4 is 28.2 Å². The summed E-state index contributed by atoms with van der Waals surface area (Å²) < 4.78 is 36.7. The van der Waals surface area contributed by atoms with Crippen LogP contribution in [0, 0.1) is 0 Å². The lowest BCUT2D eigenvalue weighted by Crippen LogP contribution is -2.58. The number of halogens is 1. The highest BCUT2D eigenvalue weighted by atomic mass is 35.5. The molecule has 2 aliphatic carbocycles. The largest absolute Gasteiger partial charge is 0.494 e. The maximum Gasteiger partial charge on any atom is 0.265 e. The van der Waals surface area contributed by atoms with Crippen molar-refractivity contribution in [1.82, 2.24) is 20.5 Å². The van der Waals surface area contributed by atoms with Gasteiger partial charge < -0.3 is 14.2 Å². The quantitative estimate of drug-likeness (QED) is 0.249. The van der Waals surface area contributed by atoms with Crippen LogP contribution >= 0.6 is 12.4 Å². The predicted molar refractivity (Wildman–Crippen MR) is 141 cm³/mol. The summed E-state index contributed by atoms with van der Waals surface area (Å²) in [5.74, 6) is 1.52. The summed E-state index contributed by atoms with van der Waals surface area (Å²) in [6.45, 7) is 1.45. The molecular formula is C26H37ClN4O6S. The number of amides is 1. The molecule has 1 aromatic heterocycles. The molecule has 38 heavy (non-hydrogen) atoms. The molecule has 2 saturated carbocycles. The molecule has 10 nitrogen and oxygen atoms in total. The number of likely N-dealkylation sites (tertiary alicyclic amines) is 1. The van der Waals surface area contributed by atoms with Crippen LogP contribution in [-0.2, 0) is 21.1 Å². The van der Waals surface area contributed by atoms with E-state index in [9.17, 15) is 18.4 Å². The second-order valence-electron chi connectivity index (χ2n) is 10.5. The smallest absolute Gasteiger partial charge is 0.265 e. The first-order valence-electron chi connectivity index (χ1n) is 13.4. The van der Waals surface area contributed by atoms with Gasteiger partial charge in [0.05, 0.1) is 11.5 Å². The molecule has 1 amide bonds. The third kappa shape index (κ3) is 6.00. The summed E-state index contributed by atoms with van der Waals surface area (Å²) in [6, 6.07) is 6.64. The van der Waals surface area contributed by atoms with Crippen molar-refractivity contribution in [2.75, 3.05) is 19.7 Å². The lowest BCUT2D eigenvalue weighted by atomic mass is 9.89. The fourth-order valence-electron chi connectivity index (χ4n) is 5.66. The van der Waals surface area contributed by atoms with Gasteiger partial charge in [-0.05, 0) is 69.2 Å². The molecule has 0 atom stereocenters. The highest BCUT2D eigenvalue weighted by Gasteiger charge is 2.54. The number of nitrogens with one attached hydrogen (secondary N) is 1. The number of aryl methyl sites for hydroxylation is 1. The normalized spacial score (nSPS) is 20.4. The molecule has 210 valence electrons. The second-order valence-corrected chi connectivity index (χ2v) is 12.8. The van der Waals surface area contributed by atoms with E-state index >= 15 is 0 Å². The number of carbonyl (C=O) groups is 1. The van der Waals surface area contributed by atoms with Crippen LogP contribution in [0.1, 0.15) is 81.8 Å². The van der Waals surface area contributed by atoms with Gasteiger partial charge in [0.2, 0.25) is 5.89 Å². The van der Waals surface area contributed by atoms with E-state index in [0.717, 1.165) is 31.5 Å². The van der Waals surface area contributed by atoms with Crippen LogP contribution in [0.4, 0.5) is 0 Å². The van der Waals surface area contributed by atoms with E-state index in [-0.39, 0.29) is 30.1 Å². The number of hydroxylamine groups is 1. The zero-order valence-corrected chi connectivity index (χ0v) is 23.1. The molecule has 0 radical (unpaired) electrons. The zero-order valence-electron chi connectivity index (χ0n) is 21.5. The minimum absolute atomic E-state index is 0. The number of hydrogen-bond donors (Lipinski definition) is 2. The molecule has 0 unspecified atom stereocenters. The molecule has 1 saturated heterocycles. The number of nitrogens with zero attached hydrogens (tertiary/aromatic N) is 3. The summed E-state index contributed by atoms with van der Waals surface area (Å²) in [6.07, 6.45) is 9.79. The van der Waals surface area contributed by atoms with Gasteiger partial charge in [-0.25, -0.2) is 13.9 Å². The maximum atomic E-state index is 13.6. The summed E-state index contributed by atoms with van der Waals surface area (Å²) in [4.78, 5) is 19.5. The number of carbonyl (C=O) groups excluding carboxylic acids is 1. The third-order valence-corrected chi connectivity index (χ3v) is 10.6. The van der Waals surface area contributed by atoms with Gasteiger partial charge in [0.25, 0.3) is 5.91 Å². The number of ether oxygens (including phenoxy) is 1. The second kappa shape index (κ2) is 12.3. The van der Waals surface area contributed by atoms with Gasteiger partial charge in [-0.2, -0.15) is 4.98 Å². The van der Waals surface area contributed by atoms with E-state index in [1.165, 1.54) is 31.4 Å². The number of hydrogen-bond acceptors (Lipinski definition) is 9. The van der Waals surface area contributed by atoms with Crippen LogP contribution < -0.4 is 10.2 Å². The van der Waals surface area contributed by atoms with Gasteiger partial charge in [-0.1, -0.05) is 24.4 Å². The van der Waals surface area contributed by atoms with Crippen LogP contribution in [0.15, 0.2) is 33.7 Å². The Bertz CT molecular complexity index is 1170. The first-order chi connectivity index (χ1) is 17.9. The van der Waals surface area contributed by atoms with Crippen LogP contribution in [0.2, 0.25) is 0 Å². The highest BCUT2D eigenvalue weighted by molar-refractivity contribution is 7.93. The van der Waals surface area contributed by atoms with Gasteiger partial charge in [0, 0.05) is 31.5 Å². The molecule has 12 heteroatoms. The molecular weight excluding hydrogens is 532 g/mol. The van der Waals surface area contributed by atoms with Crippen molar-refractivity contribution in [2.45, 2.75) is 92.2 Å². The molecule has 0 bridgehead atoms. The van der Waals surface area contributed by atoms with E-state index in [1.807, 2.05) is 0 Å². The van der Waals surface area contributed by atoms with Crippen LogP contribution in [-0.4, -0.2) is 65.1 Å². The predicted octanol–water partition coefficient (Wildman–Crippen LogP) is 3.83. The van der Waals surface area contributed by atoms with Crippen molar-refractivity contribution in [3.63, 3.8) is 0 Å². The van der Waals surface area contributed by atoms with Gasteiger partial charge in [0.15, 0.2) is 20.4 Å². The van der Waals surface area contributed by atoms with E-state index in [0.29, 0.717) is 56.1 Å². The lowest BCUT2D eigenvalue weighted by molar-refractivity contribution is -0.133. The Morgan fingerprint density at radius 2 is 1.79 bits per heavy atom. The number of piperidine rings is 1. The summed E-state index contributed by atoms with van der Waals surface area (Å²) in [5, 5.41) is 13.5. The monoisotopic (exact) mass is 568 g/mol. The van der Waals surface area contributed by atoms with Gasteiger partial charge in [-0.15, -0.1) is 12.4 Å². The van der Waals surface area contributed by atoms with Crippen molar-refractivity contribution in [1.29, 1.82) is 0 Å². The Hall–Kier alpha value is -2.21. The molecule has 1 aliphatic heterocycles. The Labute approximate surface area is 229 Å². The van der Waals surface area contributed by atoms with Crippen molar-refractivity contribution in [2.24, 2.45) is 0 Å². The van der Waals surface area contributed by atoms with Gasteiger partial charge in [0.1, 0.15) is 5.75 Å². The molecule has 0 spiro atoms. The fraction of sp³-hybridized carbons (Fsp3) is 0.654. The van der Waals surface area contributed by atoms with Gasteiger partial charge >= 0.3 is 0 Å². The van der Waals surface area contributed by atoms with Gasteiger partial charge in [-0.3, -0.25) is 10.0 Å². The summed E-state index contributed by atoms with van der Waals surface area (Å²) >= 11 is 0. The van der Waals surface area contributed by atoms with Crippen LogP contribution in [0.5, 0.6) is 5.75 Å². The summed E-state index contributed by atoms with van der Waals surface area (Å²) in [5.41, 5.74) is 1.61. The van der Waals surface area contributed by atoms with E-state index in [2.05, 4.69) is 15.0 Å². The molecule has 5 rings (SSSR count). The first kappa shape index (κ1) is 28.8. The fourth-order valence-corrected chi connectivity index (χ4v) is 7.62. The minimum Gasteiger partial charge on any atom is -0.494 e. The molecule has 2 heterocycles. The average molecular weight is 569 g/mol. The number of rotatable bonds is 10.